The zero-order chi connectivity index (χ0) is 18.0. The van der Waals surface area contributed by atoms with Gasteiger partial charge < -0.3 is 14.8 Å². The highest BCUT2D eigenvalue weighted by Gasteiger charge is 2.12. The lowest BCUT2D eigenvalue weighted by atomic mass is 10.1. The molecule has 2 aromatic carbocycles. The highest BCUT2D eigenvalue weighted by molar-refractivity contribution is 6.32. The van der Waals surface area contributed by atoms with Gasteiger partial charge >= 0.3 is 0 Å². The summed E-state index contributed by atoms with van der Waals surface area (Å²) in [6, 6.07) is 9.29. The summed E-state index contributed by atoms with van der Waals surface area (Å²) in [7, 11) is 0. The van der Waals surface area contributed by atoms with E-state index in [1.165, 1.54) is 24.3 Å². The van der Waals surface area contributed by atoms with Gasteiger partial charge in [-0.3, -0.25) is 0 Å². The van der Waals surface area contributed by atoms with Crippen LogP contribution in [0.2, 0.25) is 5.02 Å². The lowest BCUT2D eigenvalue weighted by molar-refractivity contribution is 0.318. The lowest BCUT2D eigenvalue weighted by Crippen LogP contribution is -1.93. The number of phenols is 1. The van der Waals surface area contributed by atoms with Crippen molar-refractivity contribution in [3.05, 3.63) is 52.6 Å². The molecule has 5 nitrogen and oxygen atoms in total. The average Bonchev–Trinajstić information content (AvgIpc) is 3.00. The summed E-state index contributed by atoms with van der Waals surface area (Å²) in [4.78, 5) is 7.21. The predicted molar refractivity (Wildman–Crippen MR) is 93.8 cm³/mol. The summed E-state index contributed by atoms with van der Waals surface area (Å²) < 4.78 is 18.6. The highest BCUT2D eigenvalue weighted by Crippen LogP contribution is 2.36. The second-order valence-electron chi connectivity index (χ2n) is 5.20. The van der Waals surface area contributed by atoms with Gasteiger partial charge in [-0.2, -0.15) is 5.26 Å². The van der Waals surface area contributed by atoms with Crippen LogP contribution in [0.3, 0.4) is 0 Å². The smallest absolute Gasteiger partial charge is 0.176 e. The number of aromatic nitrogens is 2. The summed E-state index contributed by atoms with van der Waals surface area (Å²) in [5.41, 5.74) is 1.85. The van der Waals surface area contributed by atoms with E-state index in [9.17, 15) is 14.8 Å². The monoisotopic (exact) mass is 357 g/mol. The van der Waals surface area contributed by atoms with Crippen LogP contribution >= 0.6 is 11.6 Å². The van der Waals surface area contributed by atoms with E-state index >= 15 is 0 Å². The number of hydrogen-bond donors (Lipinski definition) is 2. The van der Waals surface area contributed by atoms with Gasteiger partial charge in [-0.15, -0.1) is 0 Å². The van der Waals surface area contributed by atoms with Crippen LogP contribution in [-0.2, 0) is 0 Å². The number of aromatic amines is 1. The molecule has 0 saturated heterocycles. The number of benzene rings is 2. The van der Waals surface area contributed by atoms with E-state index in [2.05, 4.69) is 16.0 Å². The van der Waals surface area contributed by atoms with Crippen LogP contribution in [-0.4, -0.2) is 21.7 Å². The summed E-state index contributed by atoms with van der Waals surface area (Å²) in [6.07, 6.45) is 1.56. The summed E-state index contributed by atoms with van der Waals surface area (Å²) in [5, 5.41) is 19.4. The molecule has 25 heavy (non-hydrogen) atoms. The number of rotatable bonds is 4. The third-order valence-corrected chi connectivity index (χ3v) is 3.77. The van der Waals surface area contributed by atoms with E-state index in [-0.39, 0.29) is 22.1 Å². The molecule has 0 fully saturated rings. The van der Waals surface area contributed by atoms with Gasteiger partial charge in [-0.1, -0.05) is 11.6 Å². The number of aromatic hydroxyl groups is 1. The molecule has 0 amide bonds. The number of halogens is 2. The molecule has 2 N–H and O–H groups in total. The van der Waals surface area contributed by atoms with E-state index in [1.807, 2.05) is 0 Å². The standard InChI is InChI=1S/C18H13ClFN3O2/c1-2-25-16-7-10(6-13(19)17(16)24)5-11(9-21)18-22-14-4-3-12(20)8-15(14)23-18/h3-8,24H,2H2,1H3,(H,22,23)/b11-5-. The van der Waals surface area contributed by atoms with Crippen molar-refractivity contribution in [3.8, 4) is 17.6 Å². The number of hydrogen-bond acceptors (Lipinski definition) is 4. The fourth-order valence-electron chi connectivity index (χ4n) is 2.37. The second-order valence-corrected chi connectivity index (χ2v) is 5.61. The topological polar surface area (TPSA) is 81.9 Å². The van der Waals surface area contributed by atoms with Crippen molar-refractivity contribution in [3.63, 3.8) is 0 Å². The van der Waals surface area contributed by atoms with E-state index in [0.717, 1.165) is 0 Å². The summed E-state index contributed by atoms with van der Waals surface area (Å²) >= 11 is 6.00. The first-order valence-corrected chi connectivity index (χ1v) is 7.82. The third-order valence-electron chi connectivity index (χ3n) is 3.48. The van der Waals surface area contributed by atoms with Crippen LogP contribution < -0.4 is 4.74 Å². The SMILES string of the molecule is CCOc1cc(/C=C(/C#N)c2nc3ccc(F)cc3[nH]2)cc(Cl)c1O. The van der Waals surface area contributed by atoms with Crippen LogP contribution in [0.1, 0.15) is 18.3 Å². The van der Waals surface area contributed by atoms with Gasteiger partial charge in [0, 0.05) is 0 Å². The number of nitrogens with one attached hydrogen (secondary N) is 1. The van der Waals surface area contributed by atoms with Crippen molar-refractivity contribution < 1.29 is 14.2 Å². The molecule has 0 spiro atoms. The van der Waals surface area contributed by atoms with Gasteiger partial charge in [0.1, 0.15) is 17.7 Å². The molecule has 0 unspecified atom stereocenters. The number of nitriles is 1. The minimum absolute atomic E-state index is 0.112. The molecule has 1 aromatic heterocycles. The quantitative estimate of drug-likeness (QED) is 0.672. The normalized spacial score (nSPS) is 11.5. The molecular weight excluding hydrogens is 345 g/mol. The Kier molecular flexibility index (Phi) is 4.59. The molecule has 0 aliphatic carbocycles. The van der Waals surface area contributed by atoms with E-state index < -0.39 is 5.82 Å². The number of fused-ring (bicyclic) bond motifs is 1. The Morgan fingerprint density at radius 3 is 2.96 bits per heavy atom. The molecule has 3 aromatic rings. The number of nitrogens with zero attached hydrogens (tertiary/aromatic N) is 2. The molecule has 126 valence electrons. The number of allylic oxidation sites excluding steroid dienone is 1. The van der Waals surface area contributed by atoms with Crippen molar-refractivity contribution in [1.29, 1.82) is 5.26 Å². The van der Waals surface area contributed by atoms with E-state index in [1.54, 1.807) is 19.1 Å². The summed E-state index contributed by atoms with van der Waals surface area (Å²) in [6.45, 7) is 2.14. The average molecular weight is 358 g/mol. The fraction of sp³-hybridized carbons (Fsp3) is 0.111. The van der Waals surface area contributed by atoms with Crippen LogP contribution in [0, 0.1) is 17.1 Å². The Bertz CT molecular complexity index is 1020. The van der Waals surface area contributed by atoms with Crippen molar-refractivity contribution in [1.82, 2.24) is 9.97 Å². The Morgan fingerprint density at radius 1 is 1.44 bits per heavy atom. The number of ether oxygens (including phenoxy) is 1. The van der Waals surface area contributed by atoms with Gasteiger partial charge in [0.2, 0.25) is 0 Å². The Morgan fingerprint density at radius 2 is 2.24 bits per heavy atom. The van der Waals surface area contributed by atoms with E-state index in [0.29, 0.717) is 29.0 Å². The first-order valence-electron chi connectivity index (χ1n) is 7.44. The van der Waals surface area contributed by atoms with Gasteiger partial charge in [-0.05, 0) is 48.9 Å². The number of imidazole rings is 1. The van der Waals surface area contributed by atoms with Crippen LogP contribution in [0.25, 0.3) is 22.7 Å². The van der Waals surface area contributed by atoms with E-state index in [4.69, 9.17) is 16.3 Å². The Hall–Kier alpha value is -3.04. The van der Waals surface area contributed by atoms with Crippen molar-refractivity contribution in [2.75, 3.05) is 6.61 Å². The first kappa shape index (κ1) is 16.8. The largest absolute Gasteiger partial charge is 0.503 e. The maximum atomic E-state index is 13.3. The molecule has 0 bridgehead atoms. The molecule has 3 rings (SSSR count). The molecule has 0 atom stereocenters. The maximum Gasteiger partial charge on any atom is 0.176 e. The molecule has 1 heterocycles. The first-order chi connectivity index (χ1) is 12.0. The zero-order valence-electron chi connectivity index (χ0n) is 13.2. The van der Waals surface area contributed by atoms with Crippen LogP contribution in [0.5, 0.6) is 11.5 Å². The van der Waals surface area contributed by atoms with Gasteiger partial charge in [0.25, 0.3) is 0 Å². The minimum Gasteiger partial charge on any atom is -0.503 e. The van der Waals surface area contributed by atoms with Gasteiger partial charge in [0.05, 0.1) is 28.2 Å². The molecular formula is C18H13ClFN3O2. The molecule has 0 saturated carbocycles. The fourth-order valence-corrected chi connectivity index (χ4v) is 2.59. The predicted octanol–water partition coefficient (Wildman–Crippen LogP) is 4.52. The van der Waals surface area contributed by atoms with Crippen molar-refractivity contribution in [2.24, 2.45) is 0 Å². The second kappa shape index (κ2) is 6.83. The highest BCUT2D eigenvalue weighted by atomic mass is 35.5. The van der Waals surface area contributed by atoms with Crippen molar-refractivity contribution in [2.45, 2.75) is 6.92 Å². The van der Waals surface area contributed by atoms with Crippen molar-refractivity contribution >= 4 is 34.3 Å². The zero-order valence-corrected chi connectivity index (χ0v) is 13.9. The minimum atomic E-state index is -0.392. The Labute approximate surface area is 148 Å². The molecule has 0 radical (unpaired) electrons. The molecule has 0 aliphatic rings. The van der Waals surface area contributed by atoms with Gasteiger partial charge in [0.15, 0.2) is 11.5 Å². The lowest BCUT2D eigenvalue weighted by Gasteiger charge is -2.08. The maximum absolute atomic E-state index is 13.3. The third kappa shape index (κ3) is 3.42. The van der Waals surface area contributed by atoms with Gasteiger partial charge in [-0.25, -0.2) is 9.37 Å². The van der Waals surface area contributed by atoms with Crippen LogP contribution in [0.15, 0.2) is 30.3 Å². The van der Waals surface area contributed by atoms with Crippen LogP contribution in [0.4, 0.5) is 4.39 Å². The number of phenolic OH excluding ortho intramolecular Hbond substituents is 1. The Balaban J connectivity index is 2.06. The number of H-pyrrole nitrogens is 1. The molecule has 0 aliphatic heterocycles. The summed E-state index contributed by atoms with van der Waals surface area (Å²) in [5.74, 6) is -0.00859. The molecule has 7 heteroatoms.